The molecule has 0 spiro atoms. The van der Waals surface area contributed by atoms with Gasteiger partial charge in [-0.2, -0.15) is 8.42 Å². The van der Waals surface area contributed by atoms with Gasteiger partial charge >= 0.3 is 29.6 Å². The molecule has 0 heterocycles. The van der Waals surface area contributed by atoms with Crippen molar-refractivity contribution in [3.63, 3.8) is 0 Å². The molecule has 0 aliphatic carbocycles. The summed E-state index contributed by atoms with van der Waals surface area (Å²) in [5.41, 5.74) is 0. The molecule has 0 amide bonds. The minimum atomic E-state index is -3.88. The molecule has 0 unspecified atom stereocenters. The molecule has 3 nitrogen and oxygen atoms in total. The van der Waals surface area contributed by atoms with Crippen molar-refractivity contribution in [2.24, 2.45) is 0 Å². The molecule has 0 bridgehead atoms. The van der Waals surface area contributed by atoms with Crippen LogP contribution in [0.4, 0.5) is 0 Å². The Morgan fingerprint density at radius 1 is 1.80 bits per heavy atom. The van der Waals surface area contributed by atoms with Crippen LogP contribution in [0.1, 0.15) is 8.35 Å². The Balaban J connectivity index is -0.000000320. The van der Waals surface area contributed by atoms with E-state index in [-0.39, 0.29) is 31.0 Å². The van der Waals surface area contributed by atoms with Gasteiger partial charge in [0, 0.05) is 5.03 Å². The third-order valence-corrected chi connectivity index (χ3v) is 1.32. The predicted molar refractivity (Wildman–Crippen MR) is 37.1 cm³/mol. The zero-order valence-electron chi connectivity index (χ0n) is 6.83. The van der Waals surface area contributed by atoms with Crippen molar-refractivity contribution in [2.75, 3.05) is 5.75 Å². The number of halogens is 1. The van der Waals surface area contributed by atoms with E-state index in [1.165, 1.54) is 13.0 Å². The second-order valence-corrected chi connectivity index (χ2v) is 3.63. The molecule has 10 heavy (non-hydrogen) atoms. The topological polar surface area (TPSA) is 54.4 Å². The summed E-state index contributed by atoms with van der Waals surface area (Å²) in [6.07, 6.45) is 1.22. The van der Waals surface area contributed by atoms with Crippen LogP contribution in [0.5, 0.6) is 0 Å². The maximum absolute atomic E-state index is 9.99. The molecule has 1 N–H and O–H groups in total. The van der Waals surface area contributed by atoms with Crippen molar-refractivity contribution < 1.29 is 44.0 Å². The molecule has 0 aromatic heterocycles. The Kier molecular flexibility index (Phi) is 7.54. The zero-order valence-corrected chi connectivity index (χ0v) is 9.41. The van der Waals surface area contributed by atoms with E-state index in [2.05, 4.69) is 0 Å². The number of allylic oxidation sites excluding steroid dienone is 1. The van der Waals surface area contributed by atoms with E-state index in [0.29, 0.717) is 5.03 Å². The monoisotopic (exact) mass is 194 g/mol. The van der Waals surface area contributed by atoms with Gasteiger partial charge in [0.25, 0.3) is 10.1 Å². The quantitative estimate of drug-likeness (QED) is 0.414. The summed E-state index contributed by atoms with van der Waals surface area (Å²) >= 11 is 5.27. The molecule has 0 saturated heterocycles. The minimum Gasteiger partial charge on any atom is -1.00 e. The summed E-state index contributed by atoms with van der Waals surface area (Å²) in [6.45, 7) is 1.53. The van der Waals surface area contributed by atoms with E-state index in [0.717, 1.165) is 0 Å². The standard InChI is InChI=1S/C4H7ClO3S.Na.H/c1-4(5)2-3-9(6,7)8;;/h2H,3H2,1H3,(H,6,7,8);;/q;+1;-1. The third-order valence-electron chi connectivity index (χ3n) is 0.575. The van der Waals surface area contributed by atoms with Gasteiger partial charge in [-0.1, -0.05) is 17.7 Å². The fourth-order valence-electron chi connectivity index (χ4n) is 0.220. The normalized spacial score (nSPS) is 12.5. The van der Waals surface area contributed by atoms with Crippen molar-refractivity contribution in [1.82, 2.24) is 0 Å². The Labute approximate surface area is 89.0 Å². The molecule has 0 aromatic rings. The van der Waals surface area contributed by atoms with Crippen molar-refractivity contribution in [3.05, 3.63) is 11.1 Å². The molecular formula is C4H8ClNaO3S. The van der Waals surface area contributed by atoms with Gasteiger partial charge in [-0.3, -0.25) is 4.55 Å². The fraction of sp³-hybridized carbons (Fsp3) is 0.500. The SMILES string of the molecule is CC(Cl)=CCS(=O)(=O)O.[H-].[Na+]. The van der Waals surface area contributed by atoms with Crippen LogP contribution in [0.25, 0.3) is 0 Å². The molecule has 0 fully saturated rings. The molecule has 0 rings (SSSR count). The van der Waals surface area contributed by atoms with Gasteiger partial charge in [-0.15, -0.1) is 0 Å². The minimum absolute atomic E-state index is 0. The van der Waals surface area contributed by atoms with E-state index in [1.54, 1.807) is 0 Å². The molecular weight excluding hydrogens is 187 g/mol. The van der Waals surface area contributed by atoms with Crippen LogP contribution in [-0.4, -0.2) is 18.7 Å². The van der Waals surface area contributed by atoms with E-state index < -0.39 is 15.9 Å². The summed E-state index contributed by atoms with van der Waals surface area (Å²) in [4.78, 5) is 0. The Bertz CT molecular complexity index is 209. The summed E-state index contributed by atoms with van der Waals surface area (Å²) in [7, 11) is -3.88. The second-order valence-electron chi connectivity index (χ2n) is 1.54. The molecule has 0 aliphatic heterocycles. The summed E-state index contributed by atoms with van der Waals surface area (Å²) in [5, 5.41) is 0.354. The first kappa shape index (κ1) is 13.5. The molecule has 0 saturated carbocycles. The Hall–Kier alpha value is 0.940. The van der Waals surface area contributed by atoms with E-state index in [4.69, 9.17) is 16.2 Å². The van der Waals surface area contributed by atoms with Gasteiger partial charge in [-0.05, 0) is 6.92 Å². The predicted octanol–water partition coefficient (Wildman–Crippen LogP) is -1.87. The van der Waals surface area contributed by atoms with Gasteiger partial charge < -0.3 is 1.43 Å². The van der Waals surface area contributed by atoms with Crippen LogP contribution < -0.4 is 29.6 Å². The Morgan fingerprint density at radius 2 is 2.20 bits per heavy atom. The number of rotatable bonds is 2. The van der Waals surface area contributed by atoms with Crippen LogP contribution in [0, 0.1) is 0 Å². The smallest absolute Gasteiger partial charge is 1.00 e. The van der Waals surface area contributed by atoms with Crippen molar-refractivity contribution >= 4 is 21.7 Å². The van der Waals surface area contributed by atoms with Gasteiger partial charge in [0.1, 0.15) is 0 Å². The van der Waals surface area contributed by atoms with E-state index in [1.807, 2.05) is 0 Å². The molecule has 0 aliphatic rings. The van der Waals surface area contributed by atoms with Crippen LogP contribution in [0.15, 0.2) is 11.1 Å². The van der Waals surface area contributed by atoms with Crippen LogP contribution >= 0.6 is 11.6 Å². The van der Waals surface area contributed by atoms with Crippen LogP contribution in [0.2, 0.25) is 0 Å². The van der Waals surface area contributed by atoms with Gasteiger partial charge in [-0.25, -0.2) is 0 Å². The van der Waals surface area contributed by atoms with E-state index >= 15 is 0 Å². The average molecular weight is 195 g/mol. The zero-order chi connectivity index (χ0) is 7.49. The maximum atomic E-state index is 9.99. The van der Waals surface area contributed by atoms with Crippen molar-refractivity contribution in [3.8, 4) is 0 Å². The average Bonchev–Trinajstić information content (AvgIpc) is 1.59. The molecule has 0 aromatic carbocycles. The first-order valence-electron chi connectivity index (χ1n) is 2.19. The first-order valence-corrected chi connectivity index (χ1v) is 4.18. The number of hydrogen-bond donors (Lipinski definition) is 1. The number of hydrogen-bond acceptors (Lipinski definition) is 2. The first-order chi connectivity index (χ1) is 3.92. The summed E-state index contributed by atoms with van der Waals surface area (Å²) in [5.74, 6) is -0.414. The molecule has 0 atom stereocenters. The Morgan fingerprint density at radius 3 is 2.30 bits per heavy atom. The molecule has 6 heteroatoms. The van der Waals surface area contributed by atoms with Gasteiger partial charge in [0.05, 0.1) is 5.75 Å². The van der Waals surface area contributed by atoms with Crippen LogP contribution in [-0.2, 0) is 10.1 Å². The van der Waals surface area contributed by atoms with Crippen LogP contribution in [0.3, 0.4) is 0 Å². The molecule has 0 radical (unpaired) electrons. The van der Waals surface area contributed by atoms with Crippen molar-refractivity contribution in [2.45, 2.75) is 6.92 Å². The van der Waals surface area contributed by atoms with Gasteiger partial charge in [0.2, 0.25) is 0 Å². The van der Waals surface area contributed by atoms with Gasteiger partial charge in [0.15, 0.2) is 0 Å². The van der Waals surface area contributed by atoms with Crippen molar-refractivity contribution in [1.29, 1.82) is 0 Å². The fourth-order valence-corrected chi connectivity index (χ4v) is 0.849. The summed E-state index contributed by atoms with van der Waals surface area (Å²) < 4.78 is 28.1. The van der Waals surface area contributed by atoms with E-state index in [9.17, 15) is 8.42 Å². The molecule has 56 valence electrons. The maximum Gasteiger partial charge on any atom is 1.00 e. The summed E-state index contributed by atoms with van der Waals surface area (Å²) in [6, 6.07) is 0. The second kappa shape index (κ2) is 5.57. The third kappa shape index (κ3) is 11.7. The largest absolute Gasteiger partial charge is 1.00 e.